The van der Waals surface area contributed by atoms with E-state index in [0.29, 0.717) is 19.0 Å². The molecule has 158 valence electrons. The Morgan fingerprint density at radius 1 is 1.00 bits per heavy atom. The molecule has 30 heavy (non-hydrogen) atoms. The Morgan fingerprint density at radius 2 is 1.77 bits per heavy atom. The van der Waals surface area contributed by atoms with Crippen LogP contribution in [0.2, 0.25) is 0 Å². The Bertz CT molecular complexity index is 1070. The van der Waals surface area contributed by atoms with Gasteiger partial charge in [0.25, 0.3) is 0 Å². The van der Waals surface area contributed by atoms with Gasteiger partial charge in [-0.05, 0) is 43.2 Å². The van der Waals surface area contributed by atoms with Crippen LogP contribution in [0.15, 0.2) is 60.9 Å². The summed E-state index contributed by atoms with van der Waals surface area (Å²) in [5.74, 6) is 1.36. The summed E-state index contributed by atoms with van der Waals surface area (Å²) < 4.78 is 32.3. The third-order valence-corrected chi connectivity index (χ3v) is 5.64. The number of nitrogens with zero attached hydrogens (tertiary/aromatic N) is 2. The highest BCUT2D eigenvalue weighted by molar-refractivity contribution is 7.88. The molecule has 0 atom stereocenters. The van der Waals surface area contributed by atoms with E-state index in [1.54, 1.807) is 12.1 Å². The molecule has 3 rings (SSSR count). The molecule has 0 spiro atoms. The van der Waals surface area contributed by atoms with Gasteiger partial charge in [0.1, 0.15) is 17.9 Å². The first-order valence-electron chi connectivity index (χ1n) is 9.88. The van der Waals surface area contributed by atoms with E-state index >= 15 is 0 Å². The molecule has 7 nitrogen and oxygen atoms in total. The van der Waals surface area contributed by atoms with Crippen molar-refractivity contribution >= 4 is 21.5 Å². The summed E-state index contributed by atoms with van der Waals surface area (Å²) in [4.78, 5) is 8.65. The van der Waals surface area contributed by atoms with Crippen LogP contribution in [0.1, 0.15) is 25.8 Å². The molecule has 0 saturated carbocycles. The first-order valence-corrected chi connectivity index (χ1v) is 11.5. The molecule has 1 heterocycles. The van der Waals surface area contributed by atoms with Crippen LogP contribution in [-0.2, 0) is 15.8 Å². The van der Waals surface area contributed by atoms with Crippen LogP contribution in [0, 0.1) is 0 Å². The van der Waals surface area contributed by atoms with Crippen molar-refractivity contribution in [2.45, 2.75) is 26.0 Å². The lowest BCUT2D eigenvalue weighted by Crippen LogP contribution is -2.25. The SMILES string of the molecule is CCCNS(=O)(=O)Cc1ccc(Nc2cc(-c3ccccc3OCC)ncn2)cc1. The second-order valence-corrected chi connectivity index (χ2v) is 8.50. The van der Waals surface area contributed by atoms with Crippen LogP contribution in [0.5, 0.6) is 5.75 Å². The van der Waals surface area contributed by atoms with E-state index in [4.69, 9.17) is 4.74 Å². The Labute approximate surface area is 177 Å². The molecule has 0 radical (unpaired) electrons. The van der Waals surface area contributed by atoms with Gasteiger partial charge < -0.3 is 10.1 Å². The summed E-state index contributed by atoms with van der Waals surface area (Å²) in [6, 6.07) is 16.8. The Kier molecular flexibility index (Phi) is 7.37. The van der Waals surface area contributed by atoms with Crippen LogP contribution >= 0.6 is 0 Å². The van der Waals surface area contributed by atoms with E-state index in [-0.39, 0.29) is 5.75 Å². The number of nitrogens with one attached hydrogen (secondary N) is 2. The fourth-order valence-electron chi connectivity index (χ4n) is 2.89. The molecule has 8 heteroatoms. The average molecular weight is 427 g/mol. The average Bonchev–Trinajstić information content (AvgIpc) is 2.74. The zero-order chi connectivity index (χ0) is 21.4. The van der Waals surface area contributed by atoms with E-state index in [1.165, 1.54) is 6.33 Å². The molecule has 0 aliphatic rings. The number of ether oxygens (including phenoxy) is 1. The number of aromatic nitrogens is 2. The highest BCUT2D eigenvalue weighted by atomic mass is 32.2. The van der Waals surface area contributed by atoms with E-state index in [2.05, 4.69) is 20.0 Å². The van der Waals surface area contributed by atoms with Gasteiger partial charge in [-0.1, -0.05) is 31.2 Å². The van der Waals surface area contributed by atoms with E-state index in [9.17, 15) is 8.42 Å². The number of hydrogen-bond acceptors (Lipinski definition) is 6. The predicted molar refractivity (Wildman–Crippen MR) is 119 cm³/mol. The second-order valence-electron chi connectivity index (χ2n) is 6.69. The van der Waals surface area contributed by atoms with Gasteiger partial charge in [0.05, 0.1) is 18.1 Å². The van der Waals surface area contributed by atoms with Crippen molar-refractivity contribution in [1.29, 1.82) is 0 Å². The molecule has 2 aromatic carbocycles. The lowest BCUT2D eigenvalue weighted by Gasteiger charge is -2.11. The van der Waals surface area contributed by atoms with Gasteiger partial charge in [0.2, 0.25) is 10.0 Å². The Balaban J connectivity index is 1.73. The van der Waals surface area contributed by atoms with Crippen LogP contribution in [-0.4, -0.2) is 31.5 Å². The molecular weight excluding hydrogens is 400 g/mol. The summed E-state index contributed by atoms with van der Waals surface area (Å²) in [6.45, 7) is 4.89. The number of hydrogen-bond donors (Lipinski definition) is 2. The van der Waals surface area contributed by atoms with Crippen LogP contribution in [0.25, 0.3) is 11.3 Å². The van der Waals surface area contributed by atoms with Gasteiger partial charge in [0.15, 0.2) is 0 Å². The van der Waals surface area contributed by atoms with Crippen molar-refractivity contribution in [2.75, 3.05) is 18.5 Å². The first-order chi connectivity index (χ1) is 14.5. The van der Waals surface area contributed by atoms with Gasteiger partial charge >= 0.3 is 0 Å². The zero-order valence-corrected chi connectivity index (χ0v) is 17.9. The Morgan fingerprint density at radius 3 is 2.50 bits per heavy atom. The van der Waals surface area contributed by atoms with Crippen molar-refractivity contribution in [3.05, 3.63) is 66.5 Å². The van der Waals surface area contributed by atoms with Crippen molar-refractivity contribution in [3.8, 4) is 17.0 Å². The lowest BCUT2D eigenvalue weighted by molar-refractivity contribution is 0.341. The highest BCUT2D eigenvalue weighted by Crippen LogP contribution is 2.29. The number of sulfonamides is 1. The van der Waals surface area contributed by atoms with Crippen molar-refractivity contribution in [1.82, 2.24) is 14.7 Å². The maximum Gasteiger partial charge on any atom is 0.215 e. The fraction of sp³-hybridized carbons (Fsp3) is 0.273. The standard InChI is InChI=1S/C22H26N4O3S/c1-3-13-25-30(27,28)15-17-9-11-18(12-10-17)26-22-14-20(23-16-24-22)19-7-5-6-8-21(19)29-4-2/h5-12,14,16,25H,3-4,13,15H2,1-2H3,(H,23,24,26). The third kappa shape index (κ3) is 6.01. The predicted octanol–water partition coefficient (Wildman–Crippen LogP) is 4.12. The minimum atomic E-state index is -3.32. The van der Waals surface area contributed by atoms with Crippen LogP contribution in [0.4, 0.5) is 11.5 Å². The van der Waals surface area contributed by atoms with Crippen LogP contribution in [0.3, 0.4) is 0 Å². The molecule has 0 bridgehead atoms. The molecular formula is C22H26N4O3S. The highest BCUT2D eigenvalue weighted by Gasteiger charge is 2.11. The van der Waals surface area contributed by atoms with Gasteiger partial charge in [-0.3, -0.25) is 0 Å². The topological polar surface area (TPSA) is 93.2 Å². The largest absolute Gasteiger partial charge is 0.493 e. The third-order valence-electron chi connectivity index (χ3n) is 4.28. The molecule has 3 aromatic rings. The smallest absolute Gasteiger partial charge is 0.215 e. The second kappa shape index (κ2) is 10.2. The van der Waals surface area contributed by atoms with Gasteiger partial charge in [-0.15, -0.1) is 0 Å². The molecule has 2 N–H and O–H groups in total. The fourth-order valence-corrected chi connectivity index (χ4v) is 4.14. The van der Waals surface area contributed by atoms with Gasteiger partial charge in [-0.25, -0.2) is 23.1 Å². The zero-order valence-electron chi connectivity index (χ0n) is 17.1. The molecule has 0 aliphatic carbocycles. The van der Waals surface area contributed by atoms with E-state index in [1.807, 2.05) is 56.3 Å². The van der Waals surface area contributed by atoms with Crippen molar-refractivity contribution in [3.63, 3.8) is 0 Å². The van der Waals surface area contributed by atoms with Crippen LogP contribution < -0.4 is 14.8 Å². The molecule has 0 amide bonds. The monoisotopic (exact) mass is 426 g/mol. The summed E-state index contributed by atoms with van der Waals surface area (Å²) in [7, 11) is -3.32. The summed E-state index contributed by atoms with van der Waals surface area (Å²) in [5, 5.41) is 3.23. The first kappa shape index (κ1) is 21.7. The summed E-state index contributed by atoms with van der Waals surface area (Å²) in [6.07, 6.45) is 2.26. The van der Waals surface area contributed by atoms with Crippen molar-refractivity contribution in [2.24, 2.45) is 0 Å². The number of rotatable bonds is 10. The minimum Gasteiger partial charge on any atom is -0.493 e. The molecule has 0 saturated heterocycles. The van der Waals surface area contributed by atoms with Gasteiger partial charge in [-0.2, -0.15) is 0 Å². The summed E-state index contributed by atoms with van der Waals surface area (Å²) >= 11 is 0. The normalized spacial score (nSPS) is 11.3. The van der Waals surface area contributed by atoms with E-state index < -0.39 is 10.0 Å². The number of benzene rings is 2. The summed E-state index contributed by atoms with van der Waals surface area (Å²) in [5.41, 5.74) is 3.17. The number of para-hydroxylation sites is 1. The van der Waals surface area contributed by atoms with Crippen molar-refractivity contribution < 1.29 is 13.2 Å². The lowest BCUT2D eigenvalue weighted by atomic mass is 10.1. The minimum absolute atomic E-state index is 0.0425. The van der Waals surface area contributed by atoms with E-state index in [0.717, 1.165) is 34.7 Å². The molecule has 1 aromatic heterocycles. The molecule has 0 fully saturated rings. The number of anilines is 2. The molecule has 0 aliphatic heterocycles. The Hall–Kier alpha value is -2.97. The maximum absolute atomic E-state index is 12.0. The molecule has 0 unspecified atom stereocenters. The maximum atomic E-state index is 12.0. The quantitative estimate of drug-likeness (QED) is 0.507. The van der Waals surface area contributed by atoms with Gasteiger partial charge in [0, 0.05) is 23.9 Å².